The summed E-state index contributed by atoms with van der Waals surface area (Å²) in [7, 11) is 0. The molecule has 1 unspecified atom stereocenters. The second-order valence-electron chi connectivity index (χ2n) is 4.33. The Morgan fingerprint density at radius 2 is 2.17 bits per heavy atom. The zero-order chi connectivity index (χ0) is 13.5. The van der Waals surface area contributed by atoms with Crippen LogP contribution in [-0.2, 0) is 19.1 Å². The van der Waals surface area contributed by atoms with E-state index in [9.17, 15) is 14.4 Å². The SMILES string of the molecule is CCC(=O)SCC(C)C(=O)OC(=O)[C@@H]1CCCN1. The highest BCUT2D eigenvalue weighted by Crippen LogP contribution is 2.14. The van der Waals surface area contributed by atoms with Crippen LogP contribution in [0, 0.1) is 5.92 Å². The largest absolute Gasteiger partial charge is 0.392 e. The van der Waals surface area contributed by atoms with Gasteiger partial charge in [-0.05, 0) is 19.4 Å². The van der Waals surface area contributed by atoms with Crippen LogP contribution in [0.4, 0.5) is 0 Å². The molecule has 18 heavy (non-hydrogen) atoms. The molecule has 0 aromatic carbocycles. The van der Waals surface area contributed by atoms with Crippen LogP contribution in [0.1, 0.15) is 33.1 Å². The highest BCUT2D eigenvalue weighted by atomic mass is 32.2. The third-order valence-electron chi connectivity index (χ3n) is 2.73. The van der Waals surface area contributed by atoms with Gasteiger partial charge in [0.2, 0.25) is 0 Å². The maximum Gasteiger partial charge on any atom is 0.330 e. The van der Waals surface area contributed by atoms with Crippen molar-refractivity contribution >= 4 is 28.8 Å². The molecule has 0 saturated carbocycles. The Morgan fingerprint density at radius 1 is 1.44 bits per heavy atom. The summed E-state index contributed by atoms with van der Waals surface area (Å²) in [6.45, 7) is 4.21. The van der Waals surface area contributed by atoms with Gasteiger partial charge in [-0.1, -0.05) is 25.6 Å². The maximum absolute atomic E-state index is 11.6. The fourth-order valence-electron chi connectivity index (χ4n) is 1.54. The van der Waals surface area contributed by atoms with E-state index in [2.05, 4.69) is 5.32 Å². The van der Waals surface area contributed by atoms with Gasteiger partial charge >= 0.3 is 11.9 Å². The first-order valence-electron chi connectivity index (χ1n) is 6.19. The molecule has 102 valence electrons. The minimum absolute atomic E-state index is 0.0402. The molecule has 1 N–H and O–H groups in total. The van der Waals surface area contributed by atoms with Gasteiger partial charge in [0.05, 0.1) is 5.92 Å². The number of hydrogen-bond acceptors (Lipinski definition) is 6. The molecule has 1 rings (SSSR count). The van der Waals surface area contributed by atoms with E-state index in [4.69, 9.17) is 4.74 Å². The topological polar surface area (TPSA) is 72.5 Å². The molecule has 0 spiro atoms. The number of carbonyl (C=O) groups excluding carboxylic acids is 3. The number of nitrogens with one attached hydrogen (secondary N) is 1. The van der Waals surface area contributed by atoms with Gasteiger partial charge in [0.15, 0.2) is 5.12 Å². The molecular weight excluding hydrogens is 254 g/mol. The smallest absolute Gasteiger partial charge is 0.330 e. The van der Waals surface area contributed by atoms with E-state index >= 15 is 0 Å². The first kappa shape index (κ1) is 15.2. The molecule has 1 saturated heterocycles. The minimum Gasteiger partial charge on any atom is -0.392 e. The van der Waals surface area contributed by atoms with Gasteiger partial charge < -0.3 is 10.1 Å². The number of esters is 2. The number of ether oxygens (including phenoxy) is 1. The van der Waals surface area contributed by atoms with Gasteiger partial charge in [-0.2, -0.15) is 0 Å². The van der Waals surface area contributed by atoms with E-state index in [0.717, 1.165) is 24.7 Å². The summed E-state index contributed by atoms with van der Waals surface area (Å²) in [5, 5.41) is 3.01. The first-order valence-corrected chi connectivity index (χ1v) is 7.17. The Morgan fingerprint density at radius 3 is 2.72 bits per heavy atom. The second kappa shape index (κ2) is 7.53. The molecule has 0 bridgehead atoms. The van der Waals surface area contributed by atoms with E-state index in [1.54, 1.807) is 13.8 Å². The maximum atomic E-state index is 11.6. The van der Waals surface area contributed by atoms with Crippen molar-refractivity contribution in [3.63, 3.8) is 0 Å². The summed E-state index contributed by atoms with van der Waals surface area (Å²) < 4.78 is 4.80. The highest BCUT2D eigenvalue weighted by Gasteiger charge is 2.27. The first-order chi connectivity index (χ1) is 8.54. The van der Waals surface area contributed by atoms with Crippen molar-refractivity contribution in [1.82, 2.24) is 5.32 Å². The second-order valence-corrected chi connectivity index (χ2v) is 5.40. The van der Waals surface area contributed by atoms with Crippen LogP contribution < -0.4 is 5.32 Å². The van der Waals surface area contributed by atoms with E-state index in [0.29, 0.717) is 18.6 Å². The number of rotatable bonds is 5. The van der Waals surface area contributed by atoms with Crippen LogP contribution in [0.15, 0.2) is 0 Å². The van der Waals surface area contributed by atoms with Gasteiger partial charge in [-0.3, -0.25) is 9.59 Å². The lowest BCUT2D eigenvalue weighted by atomic mass is 10.2. The lowest BCUT2D eigenvalue weighted by Crippen LogP contribution is -2.35. The van der Waals surface area contributed by atoms with Crippen molar-refractivity contribution in [3.8, 4) is 0 Å². The van der Waals surface area contributed by atoms with E-state index in [-0.39, 0.29) is 11.2 Å². The van der Waals surface area contributed by atoms with Gasteiger partial charge in [-0.25, -0.2) is 4.79 Å². The van der Waals surface area contributed by atoms with Crippen LogP contribution in [0.25, 0.3) is 0 Å². The minimum atomic E-state index is -0.551. The number of carbonyl (C=O) groups is 3. The quantitative estimate of drug-likeness (QED) is 0.597. The monoisotopic (exact) mass is 273 g/mol. The van der Waals surface area contributed by atoms with Gasteiger partial charge in [0.25, 0.3) is 0 Å². The lowest BCUT2D eigenvalue weighted by Gasteiger charge is -2.12. The highest BCUT2D eigenvalue weighted by molar-refractivity contribution is 8.13. The molecule has 0 aromatic heterocycles. The average Bonchev–Trinajstić information content (AvgIpc) is 2.89. The molecule has 5 nitrogen and oxygen atoms in total. The zero-order valence-corrected chi connectivity index (χ0v) is 11.5. The zero-order valence-electron chi connectivity index (χ0n) is 10.7. The number of thioether (sulfide) groups is 1. The Kier molecular flexibility index (Phi) is 6.35. The van der Waals surface area contributed by atoms with Crippen molar-refractivity contribution in [2.24, 2.45) is 5.92 Å². The van der Waals surface area contributed by atoms with Crippen LogP contribution in [-0.4, -0.2) is 35.4 Å². The fraction of sp³-hybridized carbons (Fsp3) is 0.750. The van der Waals surface area contributed by atoms with Crippen LogP contribution in [0.3, 0.4) is 0 Å². The Hall–Kier alpha value is -0.880. The molecule has 1 aliphatic rings. The fourth-order valence-corrected chi connectivity index (χ4v) is 2.32. The van der Waals surface area contributed by atoms with Crippen molar-refractivity contribution in [2.75, 3.05) is 12.3 Å². The summed E-state index contributed by atoms with van der Waals surface area (Å²) in [6, 6.07) is -0.355. The predicted octanol–water partition coefficient (Wildman–Crippen LogP) is 1.11. The Bertz CT molecular complexity index is 326. The third-order valence-corrected chi connectivity index (χ3v) is 4.01. The molecular formula is C12H19NO4S. The summed E-state index contributed by atoms with van der Waals surface area (Å²) in [6.07, 6.45) is 2.07. The average molecular weight is 273 g/mol. The lowest BCUT2D eigenvalue weighted by molar-refractivity contribution is -0.163. The summed E-state index contributed by atoms with van der Waals surface area (Å²) in [5.41, 5.74) is 0. The molecule has 0 aromatic rings. The van der Waals surface area contributed by atoms with Crippen molar-refractivity contribution in [3.05, 3.63) is 0 Å². The molecule has 6 heteroatoms. The molecule has 2 atom stereocenters. The summed E-state index contributed by atoms with van der Waals surface area (Å²) in [4.78, 5) is 34.3. The summed E-state index contributed by atoms with van der Waals surface area (Å²) in [5.74, 6) is -1.14. The van der Waals surface area contributed by atoms with Crippen LogP contribution >= 0.6 is 11.8 Å². The molecule has 0 radical (unpaired) electrons. The van der Waals surface area contributed by atoms with Gasteiger partial charge in [0.1, 0.15) is 6.04 Å². The van der Waals surface area contributed by atoms with Crippen molar-refractivity contribution < 1.29 is 19.1 Å². The molecule has 1 fully saturated rings. The molecule has 0 amide bonds. The molecule has 1 heterocycles. The Balaban J connectivity index is 2.30. The number of hydrogen-bond donors (Lipinski definition) is 1. The van der Waals surface area contributed by atoms with Crippen molar-refractivity contribution in [1.29, 1.82) is 0 Å². The molecule has 1 aliphatic heterocycles. The van der Waals surface area contributed by atoms with Crippen molar-refractivity contribution in [2.45, 2.75) is 39.2 Å². The predicted molar refractivity (Wildman–Crippen MR) is 69.0 cm³/mol. The van der Waals surface area contributed by atoms with E-state index < -0.39 is 17.9 Å². The van der Waals surface area contributed by atoms with E-state index in [1.165, 1.54) is 0 Å². The van der Waals surface area contributed by atoms with Gasteiger partial charge in [-0.15, -0.1) is 0 Å². The molecule has 0 aliphatic carbocycles. The van der Waals surface area contributed by atoms with E-state index in [1.807, 2.05) is 0 Å². The van der Waals surface area contributed by atoms with Crippen LogP contribution in [0.2, 0.25) is 0 Å². The standard InChI is InChI=1S/C12H19NO4S/c1-3-10(14)18-7-8(2)11(15)17-12(16)9-5-4-6-13-9/h8-9,13H,3-7H2,1-2H3/t8?,9-/m0/s1. The third kappa shape index (κ3) is 4.78. The van der Waals surface area contributed by atoms with Gasteiger partial charge in [0, 0.05) is 12.2 Å². The normalized spacial score (nSPS) is 20.4. The summed E-state index contributed by atoms with van der Waals surface area (Å²) >= 11 is 1.11. The Labute approximate surface area is 111 Å². The van der Waals surface area contributed by atoms with Crippen LogP contribution in [0.5, 0.6) is 0 Å².